The molecule has 0 unspecified atom stereocenters. The van der Waals surface area contributed by atoms with Gasteiger partial charge in [-0.15, -0.1) is 0 Å². The molecule has 0 radical (unpaired) electrons. The number of methoxy groups -OCH3 is 1. The highest BCUT2D eigenvalue weighted by atomic mass is 32.2. The van der Waals surface area contributed by atoms with Crippen LogP contribution in [-0.4, -0.2) is 49.0 Å². The van der Waals surface area contributed by atoms with Gasteiger partial charge in [0.2, 0.25) is 11.8 Å². The van der Waals surface area contributed by atoms with E-state index in [1.54, 1.807) is 36.0 Å². The van der Waals surface area contributed by atoms with Crippen molar-refractivity contribution >= 4 is 35.2 Å². The number of anilines is 1. The van der Waals surface area contributed by atoms with Crippen molar-refractivity contribution in [2.75, 3.05) is 30.6 Å². The van der Waals surface area contributed by atoms with Crippen LogP contribution in [0, 0.1) is 18.8 Å². The van der Waals surface area contributed by atoms with Gasteiger partial charge in [-0.25, -0.2) is 4.90 Å². The minimum absolute atomic E-state index is 0.310. The lowest BCUT2D eigenvalue weighted by atomic mass is 9.77. The van der Waals surface area contributed by atoms with E-state index in [9.17, 15) is 14.4 Å². The lowest BCUT2D eigenvalue weighted by Crippen LogP contribution is -2.56. The number of imide groups is 1. The summed E-state index contributed by atoms with van der Waals surface area (Å²) in [6.07, 6.45) is 2.32. The molecule has 2 aliphatic rings. The number of hydrogen-bond donors (Lipinski definition) is 1. The molecule has 2 heterocycles. The Balaban J connectivity index is 1.83. The van der Waals surface area contributed by atoms with Gasteiger partial charge in [-0.2, -0.15) is 11.8 Å². The van der Waals surface area contributed by atoms with Crippen LogP contribution in [0.1, 0.15) is 30.5 Å². The Morgan fingerprint density at radius 2 is 1.82 bits per heavy atom. The van der Waals surface area contributed by atoms with Gasteiger partial charge in [0.15, 0.2) is 0 Å². The maximum atomic E-state index is 13.9. The molecule has 0 aliphatic carbocycles. The van der Waals surface area contributed by atoms with E-state index in [0.717, 1.165) is 11.1 Å². The maximum Gasteiger partial charge on any atom is 0.326 e. The molecule has 4 atom stereocenters. The molecule has 2 aliphatic heterocycles. The first-order valence-electron chi connectivity index (χ1n) is 11.4. The van der Waals surface area contributed by atoms with Crippen LogP contribution in [-0.2, 0) is 19.1 Å². The van der Waals surface area contributed by atoms with Crippen LogP contribution in [0.3, 0.4) is 0 Å². The molecule has 34 heavy (non-hydrogen) atoms. The van der Waals surface area contributed by atoms with Crippen LogP contribution in [0.25, 0.3) is 0 Å². The van der Waals surface area contributed by atoms with Gasteiger partial charge in [0.05, 0.1) is 31.2 Å². The van der Waals surface area contributed by atoms with Crippen molar-refractivity contribution in [3.63, 3.8) is 0 Å². The molecule has 0 spiro atoms. The molecule has 1 N–H and O–H groups in total. The summed E-state index contributed by atoms with van der Waals surface area (Å²) in [6.45, 7) is 4.38. The number of esters is 1. The summed E-state index contributed by atoms with van der Waals surface area (Å²) in [4.78, 5) is 42.2. The van der Waals surface area contributed by atoms with E-state index >= 15 is 0 Å². The van der Waals surface area contributed by atoms with Gasteiger partial charge in [0.25, 0.3) is 0 Å². The van der Waals surface area contributed by atoms with Crippen LogP contribution >= 0.6 is 11.8 Å². The van der Waals surface area contributed by atoms with Crippen LogP contribution in [0.5, 0.6) is 5.75 Å². The number of amides is 2. The topological polar surface area (TPSA) is 84.9 Å². The van der Waals surface area contributed by atoms with Gasteiger partial charge in [0.1, 0.15) is 11.3 Å². The highest BCUT2D eigenvalue weighted by Gasteiger charge is 2.68. The van der Waals surface area contributed by atoms with E-state index in [1.807, 2.05) is 44.4 Å². The highest BCUT2D eigenvalue weighted by molar-refractivity contribution is 7.98. The lowest BCUT2D eigenvalue weighted by Gasteiger charge is -2.32. The zero-order valence-corrected chi connectivity index (χ0v) is 20.7. The van der Waals surface area contributed by atoms with Crippen molar-refractivity contribution in [1.29, 1.82) is 0 Å². The summed E-state index contributed by atoms with van der Waals surface area (Å²) < 4.78 is 10.7. The second-order valence-corrected chi connectivity index (χ2v) is 9.61. The zero-order chi connectivity index (χ0) is 24.5. The van der Waals surface area contributed by atoms with Crippen LogP contribution < -0.4 is 15.0 Å². The summed E-state index contributed by atoms with van der Waals surface area (Å²) in [6, 6.07) is 14.2. The standard InChI is InChI=1S/C26H30N2O5S/c1-5-33-18-12-10-17(11-13-18)28-23(29)20-21(24(28)30)26(14-15-34-4,25(31)32-3)27-22(20)19-9-7-6-8-16(19)2/h6-13,20-22,27H,5,14-15H2,1-4H3/t20-,21-,22+,26+/m0/s1. The van der Waals surface area contributed by atoms with Gasteiger partial charge in [-0.05, 0) is 67.7 Å². The second kappa shape index (κ2) is 9.80. The van der Waals surface area contributed by atoms with Crippen molar-refractivity contribution in [2.24, 2.45) is 11.8 Å². The third kappa shape index (κ3) is 3.88. The first kappa shape index (κ1) is 24.3. The van der Waals surface area contributed by atoms with Gasteiger partial charge >= 0.3 is 5.97 Å². The molecule has 2 saturated heterocycles. The Hall–Kier alpha value is -2.84. The molecule has 0 saturated carbocycles. The van der Waals surface area contributed by atoms with Crippen LogP contribution in [0.15, 0.2) is 48.5 Å². The largest absolute Gasteiger partial charge is 0.494 e. The third-order valence-corrected chi connectivity index (χ3v) is 7.45. The minimum Gasteiger partial charge on any atom is -0.494 e. The Morgan fingerprint density at radius 3 is 2.44 bits per heavy atom. The third-order valence-electron chi connectivity index (χ3n) is 6.83. The predicted molar refractivity (Wildman–Crippen MR) is 132 cm³/mol. The molecular formula is C26H30N2O5S. The summed E-state index contributed by atoms with van der Waals surface area (Å²) in [5.41, 5.74) is 1.08. The average Bonchev–Trinajstić information content (AvgIpc) is 3.32. The molecule has 2 aromatic rings. The van der Waals surface area contributed by atoms with E-state index in [1.165, 1.54) is 12.0 Å². The molecule has 2 amide bonds. The Labute approximate surface area is 204 Å². The highest BCUT2D eigenvalue weighted by Crippen LogP contribution is 2.52. The Bertz CT molecular complexity index is 1090. The average molecular weight is 483 g/mol. The number of ether oxygens (including phenoxy) is 2. The maximum absolute atomic E-state index is 13.9. The van der Waals surface area contributed by atoms with E-state index < -0.39 is 29.4 Å². The quantitative estimate of drug-likeness (QED) is 0.455. The van der Waals surface area contributed by atoms with E-state index in [0.29, 0.717) is 30.2 Å². The zero-order valence-electron chi connectivity index (χ0n) is 19.9. The molecule has 7 nitrogen and oxygen atoms in total. The van der Waals surface area contributed by atoms with Crippen molar-refractivity contribution in [3.8, 4) is 5.75 Å². The number of nitrogens with zero attached hydrogens (tertiary/aromatic N) is 1. The molecule has 2 aromatic carbocycles. The van der Waals surface area contributed by atoms with E-state index in [4.69, 9.17) is 9.47 Å². The number of fused-ring (bicyclic) bond motifs is 1. The van der Waals surface area contributed by atoms with Gasteiger partial charge in [-0.1, -0.05) is 24.3 Å². The first-order chi connectivity index (χ1) is 16.4. The predicted octanol–water partition coefficient (Wildman–Crippen LogP) is 3.51. The van der Waals surface area contributed by atoms with Crippen molar-refractivity contribution in [1.82, 2.24) is 5.32 Å². The number of carbonyl (C=O) groups is 3. The Kier molecular flexibility index (Phi) is 7.00. The summed E-state index contributed by atoms with van der Waals surface area (Å²) in [7, 11) is 1.33. The number of aryl methyl sites for hydroxylation is 1. The lowest BCUT2D eigenvalue weighted by molar-refractivity contribution is -0.152. The fraction of sp³-hybridized carbons (Fsp3) is 0.423. The molecule has 8 heteroatoms. The number of thioether (sulfide) groups is 1. The molecule has 0 aromatic heterocycles. The normalized spacial score (nSPS) is 26.0. The van der Waals surface area contributed by atoms with E-state index in [-0.39, 0.29) is 11.8 Å². The smallest absolute Gasteiger partial charge is 0.326 e. The fourth-order valence-electron chi connectivity index (χ4n) is 5.28. The molecule has 180 valence electrons. The van der Waals surface area contributed by atoms with Gasteiger partial charge in [0, 0.05) is 6.04 Å². The minimum atomic E-state index is -1.29. The molecular weight excluding hydrogens is 452 g/mol. The molecule has 0 bridgehead atoms. The number of carbonyl (C=O) groups excluding carboxylic acids is 3. The van der Waals surface area contributed by atoms with Crippen LogP contribution in [0.4, 0.5) is 5.69 Å². The molecule has 4 rings (SSSR count). The summed E-state index contributed by atoms with van der Waals surface area (Å²) >= 11 is 1.58. The van der Waals surface area contributed by atoms with E-state index in [2.05, 4.69) is 5.32 Å². The number of nitrogens with one attached hydrogen (secondary N) is 1. The van der Waals surface area contributed by atoms with Crippen LogP contribution in [0.2, 0.25) is 0 Å². The number of benzene rings is 2. The SMILES string of the molecule is CCOc1ccc(N2C(=O)[C@@H]3[C@@H](c4ccccc4C)N[C@@](CCSC)(C(=O)OC)[C@@H]3C2=O)cc1. The van der Waals surface area contributed by atoms with Gasteiger partial charge < -0.3 is 9.47 Å². The molecule has 2 fully saturated rings. The monoisotopic (exact) mass is 482 g/mol. The van der Waals surface area contributed by atoms with Crippen molar-refractivity contribution in [2.45, 2.75) is 31.8 Å². The number of rotatable bonds is 8. The van der Waals surface area contributed by atoms with Crippen molar-refractivity contribution < 1.29 is 23.9 Å². The summed E-state index contributed by atoms with van der Waals surface area (Å²) in [5, 5.41) is 3.43. The van der Waals surface area contributed by atoms with Gasteiger partial charge in [-0.3, -0.25) is 19.7 Å². The second-order valence-electron chi connectivity index (χ2n) is 8.63. The fourth-order valence-corrected chi connectivity index (χ4v) is 5.81. The Morgan fingerprint density at radius 1 is 1.12 bits per heavy atom. The number of hydrogen-bond acceptors (Lipinski definition) is 7. The first-order valence-corrected chi connectivity index (χ1v) is 12.8. The van der Waals surface area contributed by atoms with Crippen molar-refractivity contribution in [3.05, 3.63) is 59.7 Å². The summed E-state index contributed by atoms with van der Waals surface area (Å²) in [5.74, 6) is -1.49.